The molecule has 1 heterocycles. The normalized spacial score (nSPS) is 11.1. The number of nitrogens with zero attached hydrogens (tertiary/aromatic N) is 5. The van der Waals surface area contributed by atoms with Crippen LogP contribution in [0.15, 0.2) is 5.16 Å². The lowest BCUT2D eigenvalue weighted by molar-refractivity contribution is -0.133. The topological polar surface area (TPSA) is 74.5 Å². The Labute approximate surface area is 124 Å². The number of carboxylic acids is 1. The van der Waals surface area contributed by atoms with Crippen LogP contribution in [-0.4, -0.2) is 70.7 Å². The minimum absolute atomic E-state index is 0.00323. The fourth-order valence-electron chi connectivity index (χ4n) is 1.67. The van der Waals surface area contributed by atoms with Crippen LogP contribution in [0.5, 0.6) is 0 Å². The Bertz CT molecular complexity index is 435. The zero-order valence-electron chi connectivity index (χ0n) is 12.5. The lowest BCUT2D eigenvalue weighted by Gasteiger charge is -2.21. The van der Waals surface area contributed by atoms with E-state index in [0.29, 0.717) is 5.16 Å². The van der Waals surface area contributed by atoms with E-state index in [1.807, 2.05) is 30.6 Å². The first-order valence-corrected chi connectivity index (χ1v) is 7.58. The molecule has 0 aromatic carbocycles. The molecule has 0 unspecified atom stereocenters. The lowest BCUT2D eigenvalue weighted by Crippen LogP contribution is -2.30. The van der Waals surface area contributed by atoms with Gasteiger partial charge in [-0.05, 0) is 20.5 Å². The Morgan fingerprint density at radius 1 is 1.30 bits per heavy atom. The average molecular weight is 301 g/mol. The molecule has 0 amide bonds. The minimum atomic E-state index is -0.844. The number of aromatic nitrogens is 3. The number of carbonyl (C=O) groups is 1. The molecule has 114 valence electrons. The molecule has 7 nitrogen and oxygen atoms in total. The fourth-order valence-corrected chi connectivity index (χ4v) is 2.35. The molecular formula is C12H23N5O2S. The maximum absolute atomic E-state index is 10.7. The predicted molar refractivity (Wildman–Crippen MR) is 80.5 cm³/mol. The third kappa shape index (κ3) is 5.01. The average Bonchev–Trinajstić information content (AvgIpc) is 2.77. The van der Waals surface area contributed by atoms with Crippen molar-refractivity contribution in [3.8, 4) is 0 Å². The van der Waals surface area contributed by atoms with E-state index in [1.54, 1.807) is 0 Å². The quantitative estimate of drug-likeness (QED) is 0.678. The second kappa shape index (κ2) is 8.11. The Kier molecular flexibility index (Phi) is 6.80. The molecule has 20 heavy (non-hydrogen) atoms. The zero-order chi connectivity index (χ0) is 15.1. The van der Waals surface area contributed by atoms with Crippen molar-refractivity contribution in [3.63, 3.8) is 0 Å². The summed E-state index contributed by atoms with van der Waals surface area (Å²) in [7, 11) is 6.03. The monoisotopic (exact) mass is 301 g/mol. The van der Waals surface area contributed by atoms with Gasteiger partial charge in [0.2, 0.25) is 5.95 Å². The second-order valence-electron chi connectivity index (χ2n) is 4.84. The zero-order valence-corrected chi connectivity index (χ0v) is 13.4. The molecule has 0 fully saturated rings. The molecule has 8 heteroatoms. The van der Waals surface area contributed by atoms with Gasteiger partial charge in [-0.2, -0.15) is 0 Å². The first-order valence-electron chi connectivity index (χ1n) is 6.59. The minimum Gasteiger partial charge on any atom is -0.481 e. The Morgan fingerprint density at radius 2 is 2.00 bits per heavy atom. The second-order valence-corrected chi connectivity index (χ2v) is 5.78. The summed E-state index contributed by atoms with van der Waals surface area (Å²) in [5, 5.41) is 17.7. The first kappa shape index (κ1) is 16.8. The smallest absolute Gasteiger partial charge is 0.313 e. The van der Waals surface area contributed by atoms with Crippen LogP contribution in [0.2, 0.25) is 0 Å². The van der Waals surface area contributed by atoms with E-state index in [1.165, 1.54) is 11.8 Å². The Hall–Kier alpha value is -1.28. The molecular weight excluding hydrogens is 278 g/mol. The maximum atomic E-state index is 10.7. The van der Waals surface area contributed by atoms with E-state index in [9.17, 15) is 4.79 Å². The van der Waals surface area contributed by atoms with Crippen molar-refractivity contribution < 1.29 is 9.90 Å². The van der Waals surface area contributed by atoms with Crippen molar-refractivity contribution in [1.29, 1.82) is 0 Å². The molecule has 0 saturated carbocycles. The van der Waals surface area contributed by atoms with Gasteiger partial charge in [0.25, 0.3) is 0 Å². The standard InChI is InChI=1S/C12H23N5O2S/c1-5-6-17-11(16(4)8-7-15(2)3)13-14-12(17)20-9-10(18)19/h5-9H2,1-4H3,(H,18,19). The van der Waals surface area contributed by atoms with Gasteiger partial charge in [0.1, 0.15) is 0 Å². The summed E-state index contributed by atoms with van der Waals surface area (Å²) in [4.78, 5) is 14.8. The highest BCUT2D eigenvalue weighted by atomic mass is 32.2. The highest BCUT2D eigenvalue weighted by Crippen LogP contribution is 2.21. The molecule has 0 aliphatic carbocycles. The molecule has 0 radical (unpaired) electrons. The summed E-state index contributed by atoms with van der Waals surface area (Å²) in [6.45, 7) is 4.64. The van der Waals surface area contributed by atoms with Crippen LogP contribution < -0.4 is 4.90 Å². The third-order valence-electron chi connectivity index (χ3n) is 2.69. The van der Waals surface area contributed by atoms with Gasteiger partial charge < -0.3 is 14.9 Å². The first-order chi connectivity index (χ1) is 9.45. The highest BCUT2D eigenvalue weighted by Gasteiger charge is 2.16. The SMILES string of the molecule is CCCn1c(SCC(=O)O)nnc1N(C)CCN(C)C. The van der Waals surface area contributed by atoms with Gasteiger partial charge in [-0.25, -0.2) is 0 Å². The molecule has 0 spiro atoms. The van der Waals surface area contributed by atoms with Crippen LogP contribution in [0.4, 0.5) is 5.95 Å². The molecule has 0 aliphatic heterocycles. The number of carboxylic acid groups (broad SMARTS) is 1. The Morgan fingerprint density at radius 3 is 2.55 bits per heavy atom. The molecule has 1 N–H and O–H groups in total. The number of thioether (sulfide) groups is 1. The van der Waals surface area contributed by atoms with E-state index >= 15 is 0 Å². The predicted octanol–water partition coefficient (Wildman–Crippen LogP) is 0.863. The van der Waals surface area contributed by atoms with Crippen molar-refractivity contribution in [3.05, 3.63) is 0 Å². The van der Waals surface area contributed by atoms with Gasteiger partial charge in [-0.15, -0.1) is 10.2 Å². The van der Waals surface area contributed by atoms with Gasteiger partial charge in [-0.1, -0.05) is 18.7 Å². The summed E-state index contributed by atoms with van der Waals surface area (Å²) in [6.07, 6.45) is 0.952. The summed E-state index contributed by atoms with van der Waals surface area (Å²) in [5.41, 5.74) is 0. The number of likely N-dealkylation sites (N-methyl/N-ethyl adjacent to an activating group) is 2. The summed E-state index contributed by atoms with van der Waals surface area (Å²) in [6, 6.07) is 0. The molecule has 1 rings (SSSR count). The number of aliphatic carboxylic acids is 1. The van der Waals surface area contributed by atoms with Gasteiger partial charge in [0.15, 0.2) is 5.16 Å². The van der Waals surface area contributed by atoms with Crippen molar-refractivity contribution >= 4 is 23.7 Å². The number of anilines is 1. The largest absolute Gasteiger partial charge is 0.481 e. The van der Waals surface area contributed by atoms with E-state index < -0.39 is 5.97 Å². The van der Waals surface area contributed by atoms with Crippen LogP contribution in [0.3, 0.4) is 0 Å². The van der Waals surface area contributed by atoms with Crippen molar-refractivity contribution in [2.24, 2.45) is 0 Å². The van der Waals surface area contributed by atoms with Crippen LogP contribution in [0.1, 0.15) is 13.3 Å². The Balaban J connectivity index is 2.81. The van der Waals surface area contributed by atoms with Crippen LogP contribution in [-0.2, 0) is 11.3 Å². The van der Waals surface area contributed by atoms with Crippen LogP contribution >= 0.6 is 11.8 Å². The molecule has 0 bridgehead atoms. The van der Waals surface area contributed by atoms with E-state index in [2.05, 4.69) is 22.0 Å². The third-order valence-corrected chi connectivity index (χ3v) is 3.64. The molecule has 0 aliphatic rings. The number of hydrogen-bond donors (Lipinski definition) is 1. The van der Waals surface area contributed by atoms with E-state index in [0.717, 1.165) is 32.0 Å². The van der Waals surface area contributed by atoms with Crippen LogP contribution in [0, 0.1) is 0 Å². The molecule has 0 atom stereocenters. The molecule has 1 aromatic rings. The van der Waals surface area contributed by atoms with Gasteiger partial charge in [0.05, 0.1) is 5.75 Å². The van der Waals surface area contributed by atoms with Gasteiger partial charge in [0, 0.05) is 26.7 Å². The summed E-state index contributed by atoms with van der Waals surface area (Å²) in [5.74, 6) is -0.0476. The highest BCUT2D eigenvalue weighted by molar-refractivity contribution is 7.99. The summed E-state index contributed by atoms with van der Waals surface area (Å²) < 4.78 is 1.99. The number of rotatable bonds is 9. The van der Waals surface area contributed by atoms with Gasteiger partial charge >= 0.3 is 5.97 Å². The van der Waals surface area contributed by atoms with Crippen molar-refractivity contribution in [2.45, 2.75) is 25.0 Å². The van der Waals surface area contributed by atoms with Crippen LogP contribution in [0.25, 0.3) is 0 Å². The summed E-state index contributed by atoms with van der Waals surface area (Å²) >= 11 is 1.21. The molecule has 0 saturated heterocycles. The maximum Gasteiger partial charge on any atom is 0.313 e. The van der Waals surface area contributed by atoms with E-state index in [-0.39, 0.29) is 5.75 Å². The fraction of sp³-hybridized carbons (Fsp3) is 0.750. The van der Waals surface area contributed by atoms with E-state index in [4.69, 9.17) is 5.11 Å². The molecule has 1 aromatic heterocycles. The number of hydrogen-bond acceptors (Lipinski definition) is 6. The van der Waals surface area contributed by atoms with Crippen molar-refractivity contribution in [1.82, 2.24) is 19.7 Å². The van der Waals surface area contributed by atoms with Gasteiger partial charge in [-0.3, -0.25) is 9.36 Å². The lowest BCUT2D eigenvalue weighted by atomic mass is 10.5. The van der Waals surface area contributed by atoms with Crippen molar-refractivity contribution in [2.75, 3.05) is 44.9 Å².